The number of ether oxygens (including phenoxy) is 1. The molecule has 5 heteroatoms. The van der Waals surface area contributed by atoms with E-state index in [0.29, 0.717) is 23.7 Å². The molecule has 0 aromatic rings. The SMILES string of the molecule is C=C(CC[C@@H](C)[C@H]1CC[C@@]2(C)[C@@H]3CC[C@H]4[C@](C)(C(=O)O)[C@@H](O)C[C@H](OC(C)=O)[C@@]45C[C@@]35CC[C@]12C)C(C)C. The van der Waals surface area contributed by atoms with Crippen molar-refractivity contribution in [3.63, 3.8) is 0 Å². The minimum Gasteiger partial charge on any atom is -0.481 e. The Balaban J connectivity index is 1.47. The number of fused-ring (bicyclic) bond motifs is 2. The number of allylic oxidation sites excluding steroid dienone is 1. The number of carbonyl (C=O) groups is 2. The monoisotopic (exact) mass is 528 g/mol. The highest BCUT2D eigenvalue weighted by Gasteiger charge is 2.86. The molecule has 5 nitrogen and oxygen atoms in total. The highest BCUT2D eigenvalue weighted by Crippen LogP contribution is 2.89. The van der Waals surface area contributed by atoms with Crippen LogP contribution in [0.15, 0.2) is 12.2 Å². The first-order valence-electron chi connectivity index (χ1n) is 15.4. The zero-order valence-corrected chi connectivity index (χ0v) is 24.9. The van der Waals surface area contributed by atoms with Gasteiger partial charge in [0.05, 0.1) is 11.5 Å². The number of carboxylic acids is 1. The molecule has 0 radical (unpaired) electrons. The number of aliphatic hydroxyl groups is 1. The second kappa shape index (κ2) is 8.82. The number of hydrogen-bond donors (Lipinski definition) is 2. The predicted molar refractivity (Wildman–Crippen MR) is 148 cm³/mol. The van der Waals surface area contributed by atoms with Gasteiger partial charge >= 0.3 is 11.9 Å². The minimum absolute atomic E-state index is 0.0190. The second-order valence-electron chi connectivity index (χ2n) is 15.3. The van der Waals surface area contributed by atoms with Gasteiger partial charge in [0.25, 0.3) is 0 Å². The van der Waals surface area contributed by atoms with Crippen LogP contribution in [0.3, 0.4) is 0 Å². The lowest BCUT2D eigenvalue weighted by Crippen LogP contribution is -2.64. The van der Waals surface area contributed by atoms with Crippen molar-refractivity contribution in [1.29, 1.82) is 0 Å². The number of esters is 1. The lowest BCUT2D eigenvalue weighted by molar-refractivity contribution is -0.217. The van der Waals surface area contributed by atoms with Gasteiger partial charge in [-0.3, -0.25) is 9.59 Å². The predicted octanol–water partition coefficient (Wildman–Crippen LogP) is 7.02. The summed E-state index contributed by atoms with van der Waals surface area (Å²) in [6.45, 7) is 19.6. The highest BCUT2D eigenvalue weighted by molar-refractivity contribution is 5.76. The largest absolute Gasteiger partial charge is 0.481 e. The summed E-state index contributed by atoms with van der Waals surface area (Å²) in [5, 5.41) is 21.5. The fraction of sp³-hybridized carbons (Fsp3) is 0.879. The van der Waals surface area contributed by atoms with Gasteiger partial charge in [-0.05, 0) is 111 Å². The molecule has 5 aliphatic rings. The van der Waals surface area contributed by atoms with Gasteiger partial charge in [0.2, 0.25) is 0 Å². The maximum absolute atomic E-state index is 12.7. The van der Waals surface area contributed by atoms with E-state index < -0.39 is 17.5 Å². The van der Waals surface area contributed by atoms with Crippen molar-refractivity contribution in [2.24, 2.45) is 56.7 Å². The molecule has 38 heavy (non-hydrogen) atoms. The Bertz CT molecular complexity index is 1020. The molecule has 5 fully saturated rings. The van der Waals surface area contributed by atoms with E-state index in [-0.39, 0.29) is 46.1 Å². The number of rotatable bonds is 7. The Hall–Kier alpha value is -1.36. The standard InChI is InChI=1S/C33H52O5/c1-19(2)20(3)9-10-21(4)23-13-14-30(7)24-11-12-25-31(8,28(36)37)26(35)17-27(38-22(5)34)33(25)18-32(24,33)16-15-29(23,30)6/h19,21,23-27,35H,3,9-18H2,1-2,4-8H3,(H,36,37)/t21-,23-,24+,25+,26+,27+,29-,30+,31+,32+,33-/m1/s1. The Kier molecular flexibility index (Phi) is 6.54. The summed E-state index contributed by atoms with van der Waals surface area (Å²) in [6, 6.07) is 0. The van der Waals surface area contributed by atoms with Crippen LogP contribution in [-0.2, 0) is 14.3 Å². The lowest BCUT2D eigenvalue weighted by Gasteiger charge is -2.63. The maximum atomic E-state index is 12.7. The van der Waals surface area contributed by atoms with Crippen LogP contribution in [-0.4, -0.2) is 34.4 Å². The zero-order valence-electron chi connectivity index (χ0n) is 24.9. The normalized spacial score (nSPS) is 49.8. The maximum Gasteiger partial charge on any atom is 0.312 e. The summed E-state index contributed by atoms with van der Waals surface area (Å²) in [6.07, 6.45) is 8.67. The Morgan fingerprint density at radius 1 is 1.00 bits per heavy atom. The van der Waals surface area contributed by atoms with Gasteiger partial charge in [0.15, 0.2) is 0 Å². The lowest BCUT2D eigenvalue weighted by atomic mass is 9.41. The van der Waals surface area contributed by atoms with E-state index >= 15 is 0 Å². The summed E-state index contributed by atoms with van der Waals surface area (Å²) in [4.78, 5) is 24.9. The first-order chi connectivity index (χ1) is 17.6. The fourth-order valence-corrected chi connectivity index (χ4v) is 11.5. The van der Waals surface area contributed by atoms with Crippen LogP contribution in [0, 0.1) is 56.7 Å². The molecular weight excluding hydrogens is 476 g/mol. The smallest absolute Gasteiger partial charge is 0.312 e. The quantitative estimate of drug-likeness (QED) is 0.274. The third-order valence-electron chi connectivity index (χ3n) is 14.0. The van der Waals surface area contributed by atoms with E-state index in [9.17, 15) is 19.8 Å². The van der Waals surface area contributed by atoms with Crippen LogP contribution < -0.4 is 0 Å². The van der Waals surface area contributed by atoms with E-state index in [1.807, 2.05) is 0 Å². The van der Waals surface area contributed by atoms with Gasteiger partial charge in [-0.15, -0.1) is 0 Å². The molecule has 11 atom stereocenters. The Morgan fingerprint density at radius 2 is 1.66 bits per heavy atom. The van der Waals surface area contributed by atoms with Crippen molar-refractivity contribution in [2.75, 3.05) is 0 Å². The molecule has 0 saturated heterocycles. The summed E-state index contributed by atoms with van der Waals surface area (Å²) < 4.78 is 5.99. The van der Waals surface area contributed by atoms with E-state index in [2.05, 4.69) is 41.2 Å². The Labute approximate surface area is 230 Å². The molecule has 0 aromatic heterocycles. The van der Waals surface area contributed by atoms with Crippen molar-refractivity contribution < 1.29 is 24.5 Å². The molecule has 0 aromatic carbocycles. The van der Waals surface area contributed by atoms with E-state index in [0.717, 1.165) is 38.5 Å². The molecule has 5 aliphatic carbocycles. The molecule has 0 aliphatic heterocycles. The average Bonchev–Trinajstić information content (AvgIpc) is 3.44. The van der Waals surface area contributed by atoms with Gasteiger partial charge < -0.3 is 14.9 Å². The van der Waals surface area contributed by atoms with Crippen molar-refractivity contribution in [3.05, 3.63) is 12.2 Å². The Morgan fingerprint density at radius 3 is 2.26 bits per heavy atom. The first kappa shape index (κ1) is 28.2. The van der Waals surface area contributed by atoms with Gasteiger partial charge in [-0.2, -0.15) is 0 Å². The van der Waals surface area contributed by atoms with E-state index in [1.165, 1.54) is 31.8 Å². The third-order valence-corrected chi connectivity index (χ3v) is 14.0. The van der Waals surface area contributed by atoms with Crippen molar-refractivity contribution in [2.45, 2.75) is 125 Å². The second-order valence-corrected chi connectivity index (χ2v) is 15.3. The molecule has 0 heterocycles. The molecule has 2 N–H and O–H groups in total. The average molecular weight is 529 g/mol. The fourth-order valence-electron chi connectivity index (χ4n) is 11.5. The number of aliphatic carboxylic acids is 1. The molecule has 5 saturated carbocycles. The van der Waals surface area contributed by atoms with E-state index in [4.69, 9.17) is 4.74 Å². The van der Waals surface area contributed by atoms with Crippen molar-refractivity contribution in [1.82, 2.24) is 0 Å². The van der Waals surface area contributed by atoms with Crippen LogP contribution in [0.25, 0.3) is 0 Å². The van der Waals surface area contributed by atoms with Crippen LogP contribution in [0.4, 0.5) is 0 Å². The van der Waals surface area contributed by atoms with Gasteiger partial charge in [0, 0.05) is 18.8 Å². The van der Waals surface area contributed by atoms with Gasteiger partial charge in [-0.1, -0.05) is 46.8 Å². The molecule has 0 bridgehead atoms. The summed E-state index contributed by atoms with van der Waals surface area (Å²) >= 11 is 0. The minimum atomic E-state index is -1.20. The molecule has 214 valence electrons. The topological polar surface area (TPSA) is 83.8 Å². The van der Waals surface area contributed by atoms with Crippen LogP contribution in [0.5, 0.6) is 0 Å². The van der Waals surface area contributed by atoms with Crippen molar-refractivity contribution >= 4 is 11.9 Å². The van der Waals surface area contributed by atoms with Crippen LogP contribution >= 0.6 is 0 Å². The van der Waals surface area contributed by atoms with Crippen LogP contribution in [0.2, 0.25) is 0 Å². The zero-order chi connectivity index (χ0) is 28.1. The van der Waals surface area contributed by atoms with E-state index in [1.54, 1.807) is 6.92 Å². The van der Waals surface area contributed by atoms with Crippen LogP contribution in [0.1, 0.15) is 113 Å². The number of carboxylic acid groups (broad SMARTS) is 1. The number of carbonyl (C=O) groups excluding carboxylic acids is 1. The summed E-state index contributed by atoms with van der Waals surface area (Å²) in [5.74, 6) is 1.02. The van der Waals surface area contributed by atoms with Gasteiger partial charge in [-0.25, -0.2) is 0 Å². The summed E-state index contributed by atoms with van der Waals surface area (Å²) in [7, 11) is 0. The summed E-state index contributed by atoms with van der Waals surface area (Å²) in [5.41, 5.74) is 0.324. The molecule has 0 amide bonds. The molecular formula is C33H52O5. The van der Waals surface area contributed by atoms with Crippen molar-refractivity contribution in [3.8, 4) is 0 Å². The molecule has 5 rings (SSSR count). The molecule has 2 spiro atoms. The first-order valence-corrected chi connectivity index (χ1v) is 15.4. The van der Waals surface area contributed by atoms with Gasteiger partial charge in [0.1, 0.15) is 6.10 Å². The number of aliphatic hydroxyl groups excluding tert-OH is 1. The highest BCUT2D eigenvalue weighted by atomic mass is 16.5. The number of hydrogen-bond acceptors (Lipinski definition) is 4. The molecule has 0 unspecified atom stereocenters. The third kappa shape index (κ3) is 3.38.